The molecule has 0 spiro atoms. The summed E-state index contributed by atoms with van der Waals surface area (Å²) >= 11 is 0. The highest BCUT2D eigenvalue weighted by Crippen LogP contribution is 2.55. The van der Waals surface area contributed by atoms with E-state index >= 15 is 0 Å². The smallest absolute Gasteiger partial charge is 0.226 e. The number of allylic oxidation sites excluding steroid dienone is 4. The minimum absolute atomic E-state index is 0.00351. The molecule has 2 unspecified atom stereocenters. The molecule has 2 aliphatic rings. The van der Waals surface area contributed by atoms with E-state index in [1.165, 1.54) is 30.4 Å². The van der Waals surface area contributed by atoms with Crippen LogP contribution in [-0.4, -0.2) is 30.7 Å². The van der Waals surface area contributed by atoms with E-state index in [9.17, 15) is 14.4 Å². The molecule has 2 atom stereocenters. The van der Waals surface area contributed by atoms with Crippen LogP contribution < -0.4 is 10.6 Å². The van der Waals surface area contributed by atoms with E-state index in [0.717, 1.165) is 49.7 Å². The van der Waals surface area contributed by atoms with Gasteiger partial charge in [0.05, 0.1) is 11.1 Å². The normalized spacial score (nSPS) is 22.9. The second-order valence-corrected chi connectivity index (χ2v) is 13.5. The number of nitrogens with one attached hydrogen (secondary N) is 2. The number of ketones is 1. The number of Topliss-reactive ketones (excluding diaryl/α,β-unsaturated/α-hetero) is 1. The van der Waals surface area contributed by atoms with E-state index in [-0.39, 0.29) is 22.5 Å². The molecule has 1 amide bonds. The number of benzene rings is 1. The van der Waals surface area contributed by atoms with Gasteiger partial charge in [-0.2, -0.15) is 0 Å². The van der Waals surface area contributed by atoms with Crippen LogP contribution in [0.4, 0.5) is 0 Å². The van der Waals surface area contributed by atoms with Crippen molar-refractivity contribution < 1.29 is 14.4 Å². The van der Waals surface area contributed by atoms with Gasteiger partial charge >= 0.3 is 0 Å². The minimum atomic E-state index is -0.441. The van der Waals surface area contributed by atoms with Crippen LogP contribution in [-0.2, 0) is 9.59 Å². The summed E-state index contributed by atoms with van der Waals surface area (Å²) in [6.45, 7) is 15.8. The fourth-order valence-corrected chi connectivity index (χ4v) is 7.77. The lowest BCUT2D eigenvalue weighted by Crippen LogP contribution is -2.48. The number of carbonyl (C=O) groups is 2. The van der Waals surface area contributed by atoms with Crippen LogP contribution in [0.15, 0.2) is 47.7 Å². The van der Waals surface area contributed by atoms with Crippen LogP contribution >= 0.6 is 0 Å². The highest BCUT2D eigenvalue weighted by molar-refractivity contribution is 5.94. The molecule has 2 N–H and O–H groups in total. The van der Waals surface area contributed by atoms with Crippen molar-refractivity contribution in [3.05, 3.63) is 58.8 Å². The quantitative estimate of drug-likeness (QED) is 0.141. The Hall–Kier alpha value is -2.91. The summed E-state index contributed by atoms with van der Waals surface area (Å²) in [6, 6.07) is 7.98. The third kappa shape index (κ3) is 7.35. The molecular formula is C37H54N2O3. The van der Waals surface area contributed by atoms with Crippen LogP contribution in [0.2, 0.25) is 0 Å². The number of hydrogen-bond donors (Lipinski definition) is 2. The summed E-state index contributed by atoms with van der Waals surface area (Å²) < 4.78 is 0. The molecule has 1 fully saturated rings. The Morgan fingerprint density at radius 3 is 2.24 bits per heavy atom. The molecule has 3 rings (SSSR count). The molecule has 5 heteroatoms. The number of amides is 1. The molecule has 42 heavy (non-hydrogen) atoms. The van der Waals surface area contributed by atoms with Gasteiger partial charge in [0.1, 0.15) is 5.94 Å². The second kappa shape index (κ2) is 14.5. The minimum Gasteiger partial charge on any atom is -0.380 e. The zero-order chi connectivity index (χ0) is 31.0. The molecule has 0 heterocycles. The summed E-state index contributed by atoms with van der Waals surface area (Å²) in [6.07, 6.45) is 14.9. The van der Waals surface area contributed by atoms with Gasteiger partial charge in [0, 0.05) is 24.1 Å². The van der Waals surface area contributed by atoms with Gasteiger partial charge < -0.3 is 10.6 Å². The van der Waals surface area contributed by atoms with E-state index in [4.69, 9.17) is 0 Å². The third-order valence-electron chi connectivity index (χ3n) is 10.4. The Balaban J connectivity index is 1.89. The topological polar surface area (TPSA) is 75.3 Å². The van der Waals surface area contributed by atoms with Gasteiger partial charge in [-0.15, -0.1) is 0 Å². The van der Waals surface area contributed by atoms with Crippen molar-refractivity contribution in [3.8, 4) is 0 Å². The van der Waals surface area contributed by atoms with Gasteiger partial charge in [0.25, 0.3) is 0 Å². The van der Waals surface area contributed by atoms with Gasteiger partial charge in [-0.1, -0.05) is 102 Å². The Morgan fingerprint density at radius 1 is 1.00 bits per heavy atom. The van der Waals surface area contributed by atoms with Crippen molar-refractivity contribution >= 4 is 23.2 Å². The first-order valence-electron chi connectivity index (χ1n) is 16.2. The molecule has 0 bridgehead atoms. The summed E-state index contributed by atoms with van der Waals surface area (Å²) in [5.74, 6) is 2.53. The maximum Gasteiger partial charge on any atom is 0.226 e. The predicted molar refractivity (Wildman–Crippen MR) is 174 cm³/mol. The van der Waals surface area contributed by atoms with Gasteiger partial charge in [-0.25, -0.2) is 4.79 Å². The van der Waals surface area contributed by atoms with Crippen LogP contribution in [0.25, 0.3) is 5.57 Å². The Bertz CT molecular complexity index is 1210. The molecule has 0 aliphatic heterocycles. The maximum absolute atomic E-state index is 14.2. The Labute approximate surface area is 254 Å². The van der Waals surface area contributed by atoms with Gasteiger partial charge in [0.2, 0.25) is 5.91 Å². The van der Waals surface area contributed by atoms with Crippen molar-refractivity contribution in [1.82, 2.24) is 10.6 Å². The van der Waals surface area contributed by atoms with Gasteiger partial charge in [-0.05, 0) is 74.8 Å². The molecular weight excluding hydrogens is 520 g/mol. The number of carbonyl (C=O) groups excluding carboxylic acids is 3. The van der Waals surface area contributed by atoms with Gasteiger partial charge in [-0.3, -0.25) is 9.59 Å². The molecule has 0 aromatic heterocycles. The standard InChI is InChI=1S/C37H54N2O3/c1-8-21-37(23-25-38-27(3)26-40,31-13-11-10-12-14-31)34(42)39-24-20-33-35(5,6)32(19-22-36(33,7)9-2)30-17-15-29(16-18-30)28(4)41/h15-20,31,38H,8-14,21-25H2,1-7H3,(H,39,42)/b33-20-. The number of hydrogen-bond acceptors (Lipinski definition) is 4. The van der Waals surface area contributed by atoms with Crippen molar-refractivity contribution in [2.45, 2.75) is 113 Å². The first-order chi connectivity index (χ1) is 19.9. The molecule has 230 valence electrons. The van der Waals surface area contributed by atoms with Crippen LogP contribution in [0, 0.1) is 22.2 Å². The summed E-state index contributed by atoms with van der Waals surface area (Å²) in [5, 5.41) is 6.58. The first-order valence-corrected chi connectivity index (χ1v) is 16.2. The van der Waals surface area contributed by atoms with Crippen LogP contribution in [0.5, 0.6) is 0 Å². The monoisotopic (exact) mass is 574 g/mol. The van der Waals surface area contributed by atoms with Crippen molar-refractivity contribution in [2.75, 3.05) is 13.1 Å². The largest absolute Gasteiger partial charge is 0.380 e. The van der Waals surface area contributed by atoms with E-state index in [0.29, 0.717) is 31.1 Å². The summed E-state index contributed by atoms with van der Waals surface area (Å²) in [7, 11) is 0. The third-order valence-corrected chi connectivity index (χ3v) is 10.4. The van der Waals surface area contributed by atoms with Crippen LogP contribution in [0.3, 0.4) is 0 Å². The van der Waals surface area contributed by atoms with E-state index in [2.05, 4.69) is 69.5 Å². The fraction of sp³-hybridized carbons (Fsp3) is 0.622. The SMILES string of the molecule is CCCC(CCNC(C)=C=O)(C(=O)NC/C=C1\C(C)(CC)CC=C(c2ccc(C(C)=O)cc2)C1(C)C)C1CCCCC1. The predicted octanol–water partition coefficient (Wildman–Crippen LogP) is 8.24. The highest BCUT2D eigenvalue weighted by Gasteiger charge is 2.45. The Kier molecular flexibility index (Phi) is 11.6. The Morgan fingerprint density at radius 2 is 1.67 bits per heavy atom. The first kappa shape index (κ1) is 33.6. The molecule has 1 saturated carbocycles. The average molecular weight is 575 g/mol. The maximum atomic E-state index is 14.2. The molecule has 5 nitrogen and oxygen atoms in total. The average Bonchev–Trinajstić information content (AvgIpc) is 2.98. The van der Waals surface area contributed by atoms with Crippen molar-refractivity contribution in [2.24, 2.45) is 22.2 Å². The molecule has 2 aliphatic carbocycles. The van der Waals surface area contributed by atoms with E-state index in [1.807, 2.05) is 18.1 Å². The fourth-order valence-electron chi connectivity index (χ4n) is 7.77. The highest BCUT2D eigenvalue weighted by atomic mass is 16.2. The molecule has 0 saturated heterocycles. The lowest BCUT2D eigenvalue weighted by atomic mass is 9.58. The molecule has 1 aromatic rings. The zero-order valence-electron chi connectivity index (χ0n) is 27.3. The lowest BCUT2D eigenvalue weighted by Gasteiger charge is -2.46. The van der Waals surface area contributed by atoms with E-state index < -0.39 is 5.41 Å². The molecule has 0 radical (unpaired) electrons. The zero-order valence-corrected chi connectivity index (χ0v) is 27.3. The van der Waals surface area contributed by atoms with Crippen LogP contribution in [0.1, 0.15) is 129 Å². The molecule has 1 aromatic carbocycles. The van der Waals surface area contributed by atoms with E-state index in [1.54, 1.807) is 13.8 Å². The van der Waals surface area contributed by atoms with Gasteiger partial charge in [0.15, 0.2) is 5.78 Å². The summed E-state index contributed by atoms with van der Waals surface area (Å²) in [4.78, 5) is 37.1. The van der Waals surface area contributed by atoms with Crippen molar-refractivity contribution in [3.63, 3.8) is 0 Å². The lowest BCUT2D eigenvalue weighted by molar-refractivity contribution is -0.136. The number of rotatable bonds is 13. The summed E-state index contributed by atoms with van der Waals surface area (Å²) in [5.41, 5.74) is 4.33. The van der Waals surface area contributed by atoms with Crippen molar-refractivity contribution in [1.29, 1.82) is 0 Å². The second-order valence-electron chi connectivity index (χ2n) is 13.5.